The molecule has 0 amide bonds. The number of nitrogens with one attached hydrogen (secondary N) is 1. The van der Waals surface area contributed by atoms with Crippen molar-refractivity contribution in [2.75, 3.05) is 0 Å². The molecule has 1 aromatic carbocycles. The minimum Gasteiger partial charge on any atom is -0.356 e. The molecular weight excluding hydrogens is 270 g/mol. The summed E-state index contributed by atoms with van der Waals surface area (Å²) in [5.74, 6) is 0. The number of hydrogen-bond donors (Lipinski definition) is 2. The summed E-state index contributed by atoms with van der Waals surface area (Å²) in [7, 11) is 0. The molecule has 0 aliphatic carbocycles. The zero-order valence-electron chi connectivity index (χ0n) is 11.9. The van der Waals surface area contributed by atoms with Crippen LogP contribution in [0.3, 0.4) is 0 Å². The van der Waals surface area contributed by atoms with E-state index in [0.29, 0.717) is 6.61 Å². The van der Waals surface area contributed by atoms with Crippen LogP contribution in [0.25, 0.3) is 0 Å². The predicted molar refractivity (Wildman–Crippen MR) is 79.9 cm³/mol. The maximum atomic E-state index is 11.5. The highest BCUT2D eigenvalue weighted by atomic mass is 16.5. The number of rotatable bonds is 6. The average Bonchev–Trinajstić information content (AvgIpc) is 2.42. The van der Waals surface area contributed by atoms with Crippen molar-refractivity contribution in [2.24, 2.45) is 5.73 Å². The molecule has 6 nitrogen and oxygen atoms in total. The fraction of sp³-hybridized carbons (Fsp3) is 0.333. The van der Waals surface area contributed by atoms with Crippen molar-refractivity contribution in [3.8, 4) is 0 Å². The third kappa shape index (κ3) is 4.40. The summed E-state index contributed by atoms with van der Waals surface area (Å²) in [6.07, 6.45) is 2.19. The first-order valence-corrected chi connectivity index (χ1v) is 6.76. The molecule has 0 saturated heterocycles. The van der Waals surface area contributed by atoms with Crippen molar-refractivity contribution in [1.82, 2.24) is 9.55 Å². The molecule has 21 heavy (non-hydrogen) atoms. The van der Waals surface area contributed by atoms with Crippen molar-refractivity contribution in [3.63, 3.8) is 0 Å². The minimum absolute atomic E-state index is 0.0768. The van der Waals surface area contributed by atoms with Crippen molar-refractivity contribution in [1.29, 1.82) is 0 Å². The van der Waals surface area contributed by atoms with Gasteiger partial charge in [0, 0.05) is 18.3 Å². The quantitative estimate of drug-likeness (QED) is 0.815. The molecule has 6 heteroatoms. The number of ether oxygens (including phenoxy) is 1. The van der Waals surface area contributed by atoms with Crippen molar-refractivity contribution in [3.05, 3.63) is 68.5 Å². The van der Waals surface area contributed by atoms with Gasteiger partial charge in [-0.25, -0.2) is 4.79 Å². The van der Waals surface area contributed by atoms with Gasteiger partial charge in [-0.3, -0.25) is 14.3 Å². The number of benzene rings is 1. The Balaban J connectivity index is 2.00. The van der Waals surface area contributed by atoms with Crippen molar-refractivity contribution < 1.29 is 4.74 Å². The molecule has 0 aliphatic heterocycles. The van der Waals surface area contributed by atoms with E-state index in [-0.39, 0.29) is 12.8 Å². The van der Waals surface area contributed by atoms with E-state index in [9.17, 15) is 9.59 Å². The van der Waals surface area contributed by atoms with Crippen LogP contribution >= 0.6 is 0 Å². The summed E-state index contributed by atoms with van der Waals surface area (Å²) in [6.45, 7) is 2.42. The van der Waals surface area contributed by atoms with E-state index in [1.54, 1.807) is 0 Å². The van der Waals surface area contributed by atoms with E-state index < -0.39 is 11.2 Å². The number of H-pyrrole nitrogens is 1. The summed E-state index contributed by atoms with van der Waals surface area (Å²) in [5, 5.41) is 0. The molecule has 0 bridgehead atoms. The second-order valence-electron chi connectivity index (χ2n) is 5.01. The van der Waals surface area contributed by atoms with Crippen LogP contribution in [-0.4, -0.2) is 15.6 Å². The molecule has 3 N–H and O–H groups in total. The van der Waals surface area contributed by atoms with Gasteiger partial charge in [0.1, 0.15) is 6.73 Å². The Bertz CT molecular complexity index is 704. The summed E-state index contributed by atoms with van der Waals surface area (Å²) in [5.41, 5.74) is 7.12. The van der Waals surface area contributed by atoms with Gasteiger partial charge in [0.15, 0.2) is 0 Å². The second kappa shape index (κ2) is 7.01. The van der Waals surface area contributed by atoms with E-state index in [1.165, 1.54) is 16.8 Å². The van der Waals surface area contributed by atoms with Crippen LogP contribution in [-0.2, 0) is 24.5 Å². The van der Waals surface area contributed by atoms with Crippen LogP contribution in [0.5, 0.6) is 0 Å². The summed E-state index contributed by atoms with van der Waals surface area (Å²) < 4.78 is 6.85. The molecular formula is C15H19N3O3. The topological polar surface area (TPSA) is 90.1 Å². The number of hydrogen-bond acceptors (Lipinski definition) is 4. The van der Waals surface area contributed by atoms with Crippen molar-refractivity contribution in [2.45, 2.75) is 32.7 Å². The first-order chi connectivity index (χ1) is 10.1. The first kappa shape index (κ1) is 15.2. The molecule has 1 heterocycles. The van der Waals surface area contributed by atoms with Gasteiger partial charge in [-0.2, -0.15) is 0 Å². The minimum atomic E-state index is -0.480. The molecule has 0 spiro atoms. The molecule has 112 valence electrons. The highest BCUT2D eigenvalue weighted by molar-refractivity contribution is 5.27. The monoisotopic (exact) mass is 289 g/mol. The Kier molecular flexibility index (Phi) is 5.08. The van der Waals surface area contributed by atoms with Gasteiger partial charge in [-0.1, -0.05) is 24.3 Å². The maximum absolute atomic E-state index is 11.5. The Morgan fingerprint density at radius 2 is 1.95 bits per heavy atom. The summed E-state index contributed by atoms with van der Waals surface area (Å²) in [6, 6.07) is 9.27. The SMILES string of the molecule is CC(N)Cc1ccccc1COCn1ccc(=O)[nH]c1=O. The molecule has 0 radical (unpaired) electrons. The van der Waals surface area contributed by atoms with E-state index in [2.05, 4.69) is 4.98 Å². The Labute approximate surface area is 122 Å². The highest BCUT2D eigenvalue weighted by Gasteiger charge is 2.05. The van der Waals surface area contributed by atoms with Gasteiger partial charge in [0.25, 0.3) is 5.56 Å². The molecule has 0 saturated carbocycles. The van der Waals surface area contributed by atoms with E-state index in [4.69, 9.17) is 10.5 Å². The zero-order valence-corrected chi connectivity index (χ0v) is 11.9. The summed E-state index contributed by atoms with van der Waals surface area (Å²) >= 11 is 0. The number of aromatic amines is 1. The maximum Gasteiger partial charge on any atom is 0.330 e. The van der Waals surface area contributed by atoms with Gasteiger partial charge in [0.2, 0.25) is 0 Å². The lowest BCUT2D eigenvalue weighted by Gasteiger charge is -2.12. The van der Waals surface area contributed by atoms with Gasteiger partial charge >= 0.3 is 5.69 Å². The lowest BCUT2D eigenvalue weighted by atomic mass is 10.0. The Morgan fingerprint density at radius 3 is 2.62 bits per heavy atom. The first-order valence-electron chi connectivity index (χ1n) is 6.76. The van der Waals surface area contributed by atoms with Crippen LogP contribution in [0.15, 0.2) is 46.1 Å². The largest absolute Gasteiger partial charge is 0.356 e. The normalized spacial score (nSPS) is 12.3. The van der Waals surface area contributed by atoms with E-state index >= 15 is 0 Å². The van der Waals surface area contributed by atoms with Crippen LogP contribution in [0, 0.1) is 0 Å². The van der Waals surface area contributed by atoms with Crippen LogP contribution in [0.1, 0.15) is 18.1 Å². The fourth-order valence-electron chi connectivity index (χ4n) is 2.04. The van der Waals surface area contributed by atoms with Gasteiger partial charge in [-0.15, -0.1) is 0 Å². The smallest absolute Gasteiger partial charge is 0.330 e. The highest BCUT2D eigenvalue weighted by Crippen LogP contribution is 2.12. The fourth-order valence-corrected chi connectivity index (χ4v) is 2.04. The summed E-state index contributed by atoms with van der Waals surface area (Å²) in [4.78, 5) is 24.6. The zero-order chi connectivity index (χ0) is 15.2. The standard InChI is InChI=1S/C15H19N3O3/c1-11(16)8-12-4-2-3-5-13(12)9-21-10-18-7-6-14(19)17-15(18)20/h2-7,11H,8-10,16H2,1H3,(H,17,19,20). The lowest BCUT2D eigenvalue weighted by molar-refractivity contribution is 0.0603. The Hall–Kier alpha value is -2.18. The third-order valence-electron chi connectivity index (χ3n) is 3.05. The predicted octanol–water partition coefficient (Wildman–Crippen LogP) is 0.601. The van der Waals surface area contributed by atoms with Gasteiger partial charge in [-0.05, 0) is 24.5 Å². The van der Waals surface area contributed by atoms with E-state index in [0.717, 1.165) is 17.5 Å². The number of nitrogens with zero attached hydrogens (tertiary/aromatic N) is 1. The molecule has 1 unspecified atom stereocenters. The molecule has 1 aromatic heterocycles. The van der Waals surface area contributed by atoms with Gasteiger partial charge in [0.05, 0.1) is 6.61 Å². The van der Waals surface area contributed by atoms with Crippen molar-refractivity contribution >= 4 is 0 Å². The number of aromatic nitrogens is 2. The average molecular weight is 289 g/mol. The molecule has 0 fully saturated rings. The second-order valence-corrected chi connectivity index (χ2v) is 5.01. The molecule has 1 atom stereocenters. The van der Waals surface area contributed by atoms with Crippen LogP contribution in [0.4, 0.5) is 0 Å². The van der Waals surface area contributed by atoms with E-state index in [1.807, 2.05) is 31.2 Å². The molecule has 0 aliphatic rings. The van der Waals surface area contributed by atoms with Gasteiger partial charge < -0.3 is 10.5 Å². The van der Waals surface area contributed by atoms with Crippen LogP contribution in [0.2, 0.25) is 0 Å². The third-order valence-corrected chi connectivity index (χ3v) is 3.05. The molecule has 2 rings (SSSR count). The Morgan fingerprint density at radius 1 is 1.24 bits per heavy atom. The molecule has 2 aromatic rings. The number of nitrogens with two attached hydrogens (primary N) is 1. The lowest BCUT2D eigenvalue weighted by Crippen LogP contribution is -2.29. The van der Waals surface area contributed by atoms with Crippen LogP contribution < -0.4 is 17.0 Å².